The second kappa shape index (κ2) is 7.72. The highest BCUT2D eigenvalue weighted by molar-refractivity contribution is 5.85. The molecule has 1 aliphatic rings. The molecule has 2 heterocycles. The number of para-hydroxylation sites is 1. The van der Waals surface area contributed by atoms with Crippen molar-refractivity contribution in [1.82, 2.24) is 9.88 Å². The monoisotopic (exact) mass is 408 g/mol. The summed E-state index contributed by atoms with van der Waals surface area (Å²) in [6.45, 7) is 1.42. The summed E-state index contributed by atoms with van der Waals surface area (Å²) < 4.78 is 13.8. The SMILES string of the molecule is N#Cc1ccc(C2c3[nH]c4ccccc4c3CCN2Cc2ccc(F)c(C#N)c2)cc1.[HH]. The van der Waals surface area contributed by atoms with Crippen molar-refractivity contribution in [2.75, 3.05) is 6.54 Å². The van der Waals surface area contributed by atoms with Crippen molar-refractivity contribution in [2.45, 2.75) is 19.0 Å². The summed E-state index contributed by atoms with van der Waals surface area (Å²) in [6, 6.07) is 24.8. The summed E-state index contributed by atoms with van der Waals surface area (Å²) in [5.41, 5.74) is 6.26. The Morgan fingerprint density at radius 3 is 2.61 bits per heavy atom. The van der Waals surface area contributed by atoms with Crippen molar-refractivity contribution in [3.8, 4) is 12.1 Å². The number of benzene rings is 3. The predicted octanol–water partition coefficient (Wildman–Crippen LogP) is 5.44. The molecule has 152 valence electrons. The van der Waals surface area contributed by atoms with Gasteiger partial charge in [-0.1, -0.05) is 36.4 Å². The maximum absolute atomic E-state index is 13.8. The van der Waals surface area contributed by atoms with Gasteiger partial charge in [-0.25, -0.2) is 4.39 Å². The predicted molar refractivity (Wildman–Crippen MR) is 119 cm³/mol. The molecule has 1 unspecified atom stereocenters. The van der Waals surface area contributed by atoms with Crippen LogP contribution in [0.2, 0.25) is 0 Å². The zero-order valence-electron chi connectivity index (χ0n) is 16.8. The quantitative estimate of drug-likeness (QED) is 0.491. The Hall–Kier alpha value is -3.93. The van der Waals surface area contributed by atoms with Crippen LogP contribution in [0.15, 0.2) is 66.7 Å². The summed E-state index contributed by atoms with van der Waals surface area (Å²) >= 11 is 0. The highest BCUT2D eigenvalue weighted by Gasteiger charge is 2.31. The van der Waals surface area contributed by atoms with E-state index < -0.39 is 5.82 Å². The molecule has 1 atom stereocenters. The molecule has 0 amide bonds. The van der Waals surface area contributed by atoms with Gasteiger partial charge in [-0.3, -0.25) is 4.90 Å². The third-order valence-electron chi connectivity index (χ3n) is 6.03. The Kier molecular flexibility index (Phi) is 4.75. The molecule has 5 heteroatoms. The molecule has 4 nitrogen and oxygen atoms in total. The molecule has 3 aromatic carbocycles. The van der Waals surface area contributed by atoms with Crippen LogP contribution in [0, 0.1) is 28.5 Å². The molecule has 1 N–H and O–H groups in total. The van der Waals surface area contributed by atoms with Gasteiger partial charge in [-0.15, -0.1) is 0 Å². The number of nitriles is 2. The van der Waals surface area contributed by atoms with Crippen molar-refractivity contribution in [3.63, 3.8) is 0 Å². The number of fused-ring (bicyclic) bond motifs is 3. The summed E-state index contributed by atoms with van der Waals surface area (Å²) in [4.78, 5) is 5.96. The van der Waals surface area contributed by atoms with Crippen LogP contribution in [0.1, 0.15) is 41.0 Å². The lowest BCUT2D eigenvalue weighted by molar-refractivity contribution is 0.202. The highest BCUT2D eigenvalue weighted by Crippen LogP contribution is 2.39. The van der Waals surface area contributed by atoms with E-state index in [1.165, 1.54) is 17.0 Å². The zero-order chi connectivity index (χ0) is 21.4. The van der Waals surface area contributed by atoms with Crippen LogP contribution in [-0.4, -0.2) is 16.4 Å². The molecule has 1 aromatic heterocycles. The van der Waals surface area contributed by atoms with Crippen molar-refractivity contribution < 1.29 is 5.82 Å². The molecular weight excluding hydrogens is 387 g/mol. The lowest BCUT2D eigenvalue weighted by atomic mass is 9.91. The van der Waals surface area contributed by atoms with Gasteiger partial charge in [0.25, 0.3) is 0 Å². The van der Waals surface area contributed by atoms with Crippen molar-refractivity contribution >= 4 is 10.9 Å². The average molecular weight is 408 g/mol. The fourth-order valence-electron chi connectivity index (χ4n) is 4.57. The highest BCUT2D eigenvalue weighted by atomic mass is 19.1. The van der Waals surface area contributed by atoms with Gasteiger partial charge >= 0.3 is 0 Å². The number of H-pyrrole nitrogens is 1. The van der Waals surface area contributed by atoms with Crippen LogP contribution in [0.4, 0.5) is 4.39 Å². The van der Waals surface area contributed by atoms with Crippen molar-refractivity contribution in [3.05, 3.63) is 106 Å². The lowest BCUT2D eigenvalue weighted by Crippen LogP contribution is -2.35. The van der Waals surface area contributed by atoms with Gasteiger partial charge in [0.2, 0.25) is 0 Å². The van der Waals surface area contributed by atoms with E-state index in [0.29, 0.717) is 12.1 Å². The van der Waals surface area contributed by atoms with Crippen LogP contribution >= 0.6 is 0 Å². The fourth-order valence-corrected chi connectivity index (χ4v) is 4.57. The number of hydrogen-bond acceptors (Lipinski definition) is 3. The third kappa shape index (κ3) is 3.36. The van der Waals surface area contributed by atoms with Crippen LogP contribution in [0.3, 0.4) is 0 Å². The molecule has 0 bridgehead atoms. The second-order valence-corrected chi connectivity index (χ2v) is 7.85. The van der Waals surface area contributed by atoms with Crippen molar-refractivity contribution in [1.29, 1.82) is 10.5 Å². The summed E-state index contributed by atoms with van der Waals surface area (Å²) in [7, 11) is 0. The number of aromatic nitrogens is 1. The minimum Gasteiger partial charge on any atom is -0.357 e. The van der Waals surface area contributed by atoms with E-state index >= 15 is 0 Å². The Morgan fingerprint density at radius 1 is 1.03 bits per heavy atom. The van der Waals surface area contributed by atoms with Gasteiger partial charge in [0.15, 0.2) is 0 Å². The van der Waals surface area contributed by atoms with Crippen molar-refractivity contribution in [2.24, 2.45) is 0 Å². The third-order valence-corrected chi connectivity index (χ3v) is 6.03. The first kappa shape index (κ1) is 19.1. The van der Waals surface area contributed by atoms with Gasteiger partial charge in [0, 0.05) is 31.1 Å². The van der Waals surface area contributed by atoms with E-state index in [9.17, 15) is 14.9 Å². The van der Waals surface area contributed by atoms with Crippen LogP contribution in [0.5, 0.6) is 0 Å². The number of halogens is 1. The largest absolute Gasteiger partial charge is 0.357 e. The molecule has 0 saturated heterocycles. The fraction of sp³-hybridized carbons (Fsp3) is 0.154. The number of nitrogens with zero attached hydrogens (tertiary/aromatic N) is 3. The van der Waals surface area contributed by atoms with Gasteiger partial charge in [0.05, 0.1) is 23.2 Å². The van der Waals surface area contributed by atoms with Crippen LogP contribution in [0.25, 0.3) is 10.9 Å². The van der Waals surface area contributed by atoms with Gasteiger partial charge in [-0.2, -0.15) is 10.5 Å². The lowest BCUT2D eigenvalue weighted by Gasteiger charge is -2.36. The van der Waals surface area contributed by atoms with Gasteiger partial charge in [-0.05, 0) is 53.4 Å². The van der Waals surface area contributed by atoms with E-state index in [1.54, 1.807) is 12.1 Å². The number of rotatable bonds is 3. The summed E-state index contributed by atoms with van der Waals surface area (Å²) in [6.07, 6.45) is 0.901. The number of nitrogens with one attached hydrogen (secondary N) is 1. The zero-order valence-corrected chi connectivity index (χ0v) is 16.8. The first-order chi connectivity index (χ1) is 15.2. The first-order valence-corrected chi connectivity index (χ1v) is 10.2. The number of hydrogen-bond donors (Lipinski definition) is 1. The Morgan fingerprint density at radius 2 is 1.84 bits per heavy atom. The van der Waals surface area contributed by atoms with E-state index in [2.05, 4.69) is 34.2 Å². The van der Waals surface area contributed by atoms with Crippen LogP contribution in [-0.2, 0) is 13.0 Å². The Bertz CT molecular complexity index is 1360. The maximum Gasteiger partial charge on any atom is 0.140 e. The van der Waals surface area contributed by atoms with Gasteiger partial charge < -0.3 is 4.98 Å². The van der Waals surface area contributed by atoms with E-state index in [-0.39, 0.29) is 13.0 Å². The smallest absolute Gasteiger partial charge is 0.140 e. The topological polar surface area (TPSA) is 66.6 Å². The number of aromatic amines is 1. The molecule has 5 rings (SSSR count). The molecule has 0 saturated carbocycles. The molecule has 0 spiro atoms. The minimum atomic E-state index is -0.494. The molecule has 0 fully saturated rings. The molecular formula is C26H21FN4. The Balaban J connectivity index is 0.00000245. The summed E-state index contributed by atoms with van der Waals surface area (Å²) in [5.74, 6) is -0.494. The molecule has 4 aromatic rings. The molecule has 0 radical (unpaired) electrons. The van der Waals surface area contributed by atoms with E-state index in [0.717, 1.165) is 35.3 Å². The normalized spacial score (nSPS) is 15.9. The Labute approximate surface area is 181 Å². The minimum absolute atomic E-state index is 0. The maximum atomic E-state index is 13.8. The second-order valence-electron chi connectivity index (χ2n) is 7.85. The summed E-state index contributed by atoms with van der Waals surface area (Å²) in [5, 5.41) is 19.6. The van der Waals surface area contributed by atoms with Gasteiger partial charge in [0.1, 0.15) is 11.9 Å². The average Bonchev–Trinajstić information content (AvgIpc) is 3.19. The van der Waals surface area contributed by atoms with E-state index in [1.807, 2.05) is 36.4 Å². The van der Waals surface area contributed by atoms with E-state index in [4.69, 9.17) is 0 Å². The van der Waals surface area contributed by atoms with Crippen LogP contribution < -0.4 is 0 Å². The molecule has 0 aliphatic carbocycles. The first-order valence-electron chi connectivity index (χ1n) is 10.2. The molecule has 31 heavy (non-hydrogen) atoms. The standard InChI is InChI=1S/C26H19FN4.H2/c27-23-10-7-18(13-20(23)15-29)16-31-12-11-22-21-3-1-2-4-24(21)30-25(22)26(31)19-8-5-17(14-28)6-9-19;/h1-10,13,26,30H,11-12,16H2;1H. The molecule has 1 aliphatic heterocycles.